The van der Waals surface area contributed by atoms with Crippen LogP contribution in [0.15, 0.2) is 35.1 Å². The number of ether oxygens (including phenoxy) is 2. The number of rotatable bonds is 7. The molecule has 5 rings (SSSR count). The number of benzene rings is 1. The summed E-state index contributed by atoms with van der Waals surface area (Å²) in [4.78, 5) is 11.9. The number of fused-ring (bicyclic) bond motifs is 3. The minimum Gasteiger partial charge on any atom is -0.491 e. The zero-order valence-electron chi connectivity index (χ0n) is 23.4. The number of hydrogen-bond donors (Lipinski definition) is 4. The highest BCUT2D eigenvalue weighted by atomic mass is 16.5. The fraction of sp³-hybridized carbons (Fsp3) is 0.517. The molecule has 208 valence electrons. The number of nitrogens with one attached hydrogen (secondary N) is 4. The summed E-state index contributed by atoms with van der Waals surface area (Å²) in [6, 6.07) is 6.83. The first-order chi connectivity index (χ1) is 18.9. The zero-order chi connectivity index (χ0) is 27.5. The van der Waals surface area contributed by atoms with Crippen molar-refractivity contribution in [2.75, 3.05) is 40.0 Å². The van der Waals surface area contributed by atoms with Gasteiger partial charge in [0.15, 0.2) is 5.84 Å². The Labute approximate surface area is 230 Å². The predicted molar refractivity (Wildman–Crippen MR) is 155 cm³/mol. The van der Waals surface area contributed by atoms with Crippen molar-refractivity contribution in [3.8, 4) is 17.1 Å². The monoisotopic (exact) mass is 532 g/mol. The van der Waals surface area contributed by atoms with E-state index in [1.54, 1.807) is 6.92 Å². The number of hydrogen-bond acceptors (Lipinski definition) is 7. The normalized spacial score (nSPS) is 20.6. The number of aliphatic imine (C=N–C) groups is 1. The van der Waals surface area contributed by atoms with E-state index < -0.39 is 0 Å². The van der Waals surface area contributed by atoms with E-state index in [9.17, 15) is 0 Å². The van der Waals surface area contributed by atoms with Crippen LogP contribution in [0.25, 0.3) is 17.0 Å². The summed E-state index contributed by atoms with van der Waals surface area (Å²) in [6.07, 6.45) is 5.69. The summed E-state index contributed by atoms with van der Waals surface area (Å²) in [6.45, 7) is 10.7. The molecule has 0 spiro atoms. The molecule has 3 aliphatic heterocycles. The van der Waals surface area contributed by atoms with Gasteiger partial charge in [-0.3, -0.25) is 10.3 Å². The summed E-state index contributed by atoms with van der Waals surface area (Å²) < 4.78 is 13.7. The standard InChI is InChI=1S/C29H40N8O2/c1-18(2)33-28(34-19(3)31)25-15-37-10-11-39-26-12-20(7-8-23(26)29(37)35-25)24(13-30)27(32-4)21-6-5-9-36(14-21)22-16-38-17-22/h7-8,12-13,15,18,21-22,30,32H,5-6,9-11,14,16-17H2,1-4H3,(H2,31,33,34)/b27-24+,30-13?. The third-order valence-corrected chi connectivity index (χ3v) is 7.55. The molecule has 4 heterocycles. The van der Waals surface area contributed by atoms with E-state index in [1.165, 1.54) is 6.21 Å². The topological polar surface area (TPSA) is 124 Å². The van der Waals surface area contributed by atoms with E-state index in [4.69, 9.17) is 25.3 Å². The van der Waals surface area contributed by atoms with Gasteiger partial charge in [0.05, 0.1) is 31.4 Å². The summed E-state index contributed by atoms with van der Waals surface area (Å²) in [5.74, 6) is 2.73. The molecule has 0 aliphatic carbocycles. The molecule has 0 saturated carbocycles. The van der Waals surface area contributed by atoms with Crippen LogP contribution in [-0.2, 0) is 11.3 Å². The lowest BCUT2D eigenvalue weighted by molar-refractivity contribution is -0.0745. The molecule has 2 fully saturated rings. The van der Waals surface area contributed by atoms with Crippen LogP contribution < -0.4 is 15.4 Å². The quantitative estimate of drug-likeness (QED) is 0.320. The van der Waals surface area contributed by atoms with Gasteiger partial charge in [0.25, 0.3) is 0 Å². The number of likely N-dealkylation sites (tertiary alicyclic amines) is 1. The Bertz CT molecular complexity index is 1290. The maximum atomic E-state index is 8.34. The predicted octanol–water partition coefficient (Wildman–Crippen LogP) is 3.38. The molecular formula is C29H40N8O2. The van der Waals surface area contributed by atoms with Crippen molar-refractivity contribution < 1.29 is 9.47 Å². The molecule has 2 aromatic rings. The van der Waals surface area contributed by atoms with Crippen molar-refractivity contribution in [1.29, 1.82) is 10.8 Å². The Morgan fingerprint density at radius 3 is 2.74 bits per heavy atom. The number of amidine groups is 2. The molecule has 3 aliphatic rings. The fourth-order valence-corrected chi connectivity index (χ4v) is 5.65. The molecule has 0 amide bonds. The SMILES string of the molecule is CN/C(=C(\C=N)c1ccc2c(c1)OCCn1cc(/C(=N/C(C)=N)NC(C)C)nc1-2)C1CCCN(C2COC2)C1. The third kappa shape index (κ3) is 5.77. The molecule has 1 atom stereocenters. The molecule has 1 aromatic heterocycles. The number of allylic oxidation sites excluding steroid dienone is 1. The van der Waals surface area contributed by atoms with Gasteiger partial charge in [-0.05, 0) is 57.9 Å². The van der Waals surface area contributed by atoms with Gasteiger partial charge in [-0.15, -0.1) is 0 Å². The van der Waals surface area contributed by atoms with Crippen LogP contribution in [-0.4, -0.2) is 84.4 Å². The molecule has 4 N–H and O–H groups in total. The highest BCUT2D eigenvalue weighted by Crippen LogP contribution is 2.36. The largest absolute Gasteiger partial charge is 0.491 e. The van der Waals surface area contributed by atoms with Crippen molar-refractivity contribution in [1.82, 2.24) is 25.1 Å². The van der Waals surface area contributed by atoms with Gasteiger partial charge < -0.3 is 30.1 Å². The minimum absolute atomic E-state index is 0.161. The van der Waals surface area contributed by atoms with E-state index in [2.05, 4.69) is 31.2 Å². The fourth-order valence-electron chi connectivity index (χ4n) is 5.65. The first-order valence-electron chi connectivity index (χ1n) is 13.9. The number of nitrogens with zero attached hydrogens (tertiary/aromatic N) is 4. The van der Waals surface area contributed by atoms with Crippen molar-refractivity contribution >= 4 is 23.5 Å². The molecule has 10 nitrogen and oxygen atoms in total. The lowest BCUT2D eigenvalue weighted by Crippen LogP contribution is -2.53. The first kappa shape index (κ1) is 27.1. The van der Waals surface area contributed by atoms with Crippen LogP contribution in [0, 0.1) is 16.7 Å². The molecule has 2 saturated heterocycles. The van der Waals surface area contributed by atoms with Gasteiger partial charge >= 0.3 is 0 Å². The Kier molecular flexibility index (Phi) is 8.13. The van der Waals surface area contributed by atoms with Crippen molar-refractivity contribution in [2.24, 2.45) is 10.9 Å². The highest BCUT2D eigenvalue weighted by Gasteiger charge is 2.32. The molecule has 0 radical (unpaired) electrons. The van der Waals surface area contributed by atoms with Crippen LogP contribution in [0.4, 0.5) is 0 Å². The van der Waals surface area contributed by atoms with E-state index in [-0.39, 0.29) is 11.9 Å². The van der Waals surface area contributed by atoms with Crippen molar-refractivity contribution in [3.05, 3.63) is 41.4 Å². The van der Waals surface area contributed by atoms with Gasteiger partial charge in [0.2, 0.25) is 0 Å². The maximum Gasteiger partial charge on any atom is 0.155 e. The van der Waals surface area contributed by atoms with E-state index >= 15 is 0 Å². The Balaban J connectivity index is 1.48. The second kappa shape index (κ2) is 11.7. The maximum absolute atomic E-state index is 8.34. The minimum atomic E-state index is 0.161. The van der Waals surface area contributed by atoms with Crippen molar-refractivity contribution in [2.45, 2.75) is 52.2 Å². The molecular weight excluding hydrogens is 492 g/mol. The average molecular weight is 533 g/mol. The molecule has 10 heteroatoms. The first-order valence-corrected chi connectivity index (χ1v) is 13.9. The lowest BCUT2D eigenvalue weighted by Gasteiger charge is -2.42. The molecule has 39 heavy (non-hydrogen) atoms. The van der Waals surface area contributed by atoms with Crippen LogP contribution in [0.2, 0.25) is 0 Å². The molecule has 1 aromatic carbocycles. The van der Waals surface area contributed by atoms with Crippen molar-refractivity contribution in [3.63, 3.8) is 0 Å². The summed E-state index contributed by atoms with van der Waals surface area (Å²) in [5, 5.41) is 23.0. The van der Waals surface area contributed by atoms with Crippen LogP contribution in [0.3, 0.4) is 0 Å². The van der Waals surface area contributed by atoms with E-state index in [0.29, 0.717) is 36.6 Å². The molecule has 1 unspecified atom stereocenters. The van der Waals surface area contributed by atoms with E-state index in [0.717, 1.165) is 73.1 Å². The third-order valence-electron chi connectivity index (χ3n) is 7.55. The summed E-state index contributed by atoms with van der Waals surface area (Å²) >= 11 is 0. The van der Waals surface area contributed by atoms with Gasteiger partial charge in [-0.25, -0.2) is 9.98 Å². The number of aromatic nitrogens is 2. The second-order valence-electron chi connectivity index (χ2n) is 10.8. The van der Waals surface area contributed by atoms with Gasteiger partial charge in [-0.1, -0.05) is 6.07 Å². The smallest absolute Gasteiger partial charge is 0.155 e. The molecule has 0 bridgehead atoms. The number of imidazole rings is 1. The summed E-state index contributed by atoms with van der Waals surface area (Å²) in [7, 11) is 1.96. The Morgan fingerprint density at radius 1 is 1.26 bits per heavy atom. The Hall–Kier alpha value is -3.50. The van der Waals surface area contributed by atoms with Crippen LogP contribution in [0.5, 0.6) is 5.75 Å². The highest BCUT2D eigenvalue weighted by molar-refractivity contribution is 6.10. The zero-order valence-corrected chi connectivity index (χ0v) is 23.4. The van der Waals surface area contributed by atoms with Gasteiger partial charge in [0, 0.05) is 49.2 Å². The van der Waals surface area contributed by atoms with Crippen LogP contribution in [0.1, 0.15) is 44.9 Å². The summed E-state index contributed by atoms with van der Waals surface area (Å²) in [5.41, 5.74) is 4.57. The average Bonchev–Trinajstić information content (AvgIpc) is 3.22. The van der Waals surface area contributed by atoms with Gasteiger partial charge in [-0.2, -0.15) is 0 Å². The van der Waals surface area contributed by atoms with Crippen LogP contribution >= 0.6 is 0 Å². The second-order valence-corrected chi connectivity index (χ2v) is 10.8. The lowest BCUT2D eigenvalue weighted by atomic mass is 9.88. The van der Waals surface area contributed by atoms with E-state index in [1.807, 2.05) is 39.2 Å². The Morgan fingerprint density at radius 2 is 2.08 bits per heavy atom. The van der Waals surface area contributed by atoms with Gasteiger partial charge in [0.1, 0.15) is 29.7 Å². The number of piperidine rings is 1.